The Kier molecular flexibility index (Phi) is 4.42. The molecule has 0 bridgehead atoms. The number of aromatic nitrogens is 7. The lowest BCUT2D eigenvalue weighted by molar-refractivity contribution is 0.0798. The molecular weight excluding hydrogens is 408 g/mol. The molecule has 5 rings (SSSR count). The lowest BCUT2D eigenvalue weighted by Crippen LogP contribution is -2.24. The molecule has 0 unspecified atom stereocenters. The first kappa shape index (κ1) is 18.9. The van der Waals surface area contributed by atoms with Crippen LogP contribution in [-0.2, 0) is 7.05 Å². The molecule has 31 heavy (non-hydrogen) atoms. The summed E-state index contributed by atoms with van der Waals surface area (Å²) in [5.74, 6) is -0.0238. The van der Waals surface area contributed by atoms with Crippen LogP contribution in [-0.4, -0.2) is 47.8 Å². The minimum absolute atomic E-state index is 0.0238. The third-order valence-electron chi connectivity index (χ3n) is 4.67. The van der Waals surface area contributed by atoms with Crippen LogP contribution in [0.4, 0.5) is 8.78 Å². The van der Waals surface area contributed by atoms with Crippen molar-refractivity contribution in [2.45, 2.75) is 6.43 Å². The minimum atomic E-state index is -2.64. The van der Waals surface area contributed by atoms with Crippen molar-refractivity contribution in [3.63, 3.8) is 0 Å². The van der Waals surface area contributed by atoms with Crippen LogP contribution in [0.15, 0.2) is 53.6 Å². The Morgan fingerprint density at radius 1 is 1.13 bits per heavy atom. The highest BCUT2D eigenvalue weighted by Crippen LogP contribution is 2.25. The number of H-pyrrole nitrogens is 1. The molecule has 0 aliphatic rings. The zero-order valence-corrected chi connectivity index (χ0v) is 16.2. The molecule has 4 heterocycles. The van der Waals surface area contributed by atoms with Gasteiger partial charge in [-0.25, -0.2) is 13.8 Å². The summed E-state index contributed by atoms with van der Waals surface area (Å²) >= 11 is 0. The number of ether oxygens (including phenoxy) is 1. The third kappa shape index (κ3) is 3.39. The first-order valence-corrected chi connectivity index (χ1v) is 9.28. The van der Waals surface area contributed by atoms with E-state index in [0.29, 0.717) is 16.9 Å². The molecular formula is C20H15F2N7O2. The predicted octanol–water partition coefficient (Wildman–Crippen LogP) is 2.70. The summed E-state index contributed by atoms with van der Waals surface area (Å²) in [6.07, 6.45) is 0.706. The average Bonchev–Trinajstić information content (AvgIpc) is 3.40. The number of hydrogen-bond donors (Lipinski definition) is 1. The number of pyridine rings is 1. The van der Waals surface area contributed by atoms with Gasteiger partial charge in [0, 0.05) is 30.9 Å². The van der Waals surface area contributed by atoms with Gasteiger partial charge in [-0.3, -0.25) is 14.6 Å². The highest BCUT2D eigenvalue weighted by Gasteiger charge is 2.18. The van der Waals surface area contributed by atoms with E-state index in [1.54, 1.807) is 28.9 Å². The fraction of sp³-hybridized carbons (Fsp3) is 0.150. The van der Waals surface area contributed by atoms with Crippen molar-refractivity contribution in [1.82, 2.24) is 34.7 Å². The number of alkyl halides is 2. The molecule has 0 atom stereocenters. The van der Waals surface area contributed by atoms with Crippen molar-refractivity contribution in [2.75, 3.05) is 6.61 Å². The number of halogens is 2. The van der Waals surface area contributed by atoms with Crippen LogP contribution in [0.1, 0.15) is 0 Å². The van der Waals surface area contributed by atoms with Gasteiger partial charge in [-0.2, -0.15) is 20.0 Å². The monoisotopic (exact) mass is 423 g/mol. The number of rotatable bonds is 5. The zero-order chi connectivity index (χ0) is 21.5. The van der Waals surface area contributed by atoms with Gasteiger partial charge in [0.05, 0.1) is 22.5 Å². The van der Waals surface area contributed by atoms with Gasteiger partial charge in [0.25, 0.3) is 12.0 Å². The number of hydrogen-bond acceptors (Lipinski definition) is 6. The van der Waals surface area contributed by atoms with Gasteiger partial charge in [-0.15, -0.1) is 0 Å². The van der Waals surface area contributed by atoms with Crippen LogP contribution in [0, 0.1) is 0 Å². The molecule has 0 aliphatic heterocycles. The normalized spacial score (nSPS) is 11.6. The molecule has 0 radical (unpaired) electrons. The Hall–Kier alpha value is -4.15. The summed E-state index contributed by atoms with van der Waals surface area (Å²) in [4.78, 5) is 17.7. The molecule has 5 aromatic rings. The molecule has 1 aromatic carbocycles. The SMILES string of the molecule is Cn1cc2cc(-n3nc4ccc(OCC(F)F)nc4c(-c4ccn[nH]4)c3=O)ccc2n1. The molecule has 156 valence electrons. The Labute approximate surface area is 172 Å². The van der Waals surface area contributed by atoms with Crippen molar-refractivity contribution in [3.8, 4) is 22.8 Å². The number of aryl methyl sites for hydroxylation is 1. The Morgan fingerprint density at radius 3 is 2.74 bits per heavy atom. The highest BCUT2D eigenvalue weighted by atomic mass is 19.3. The molecule has 0 spiro atoms. The lowest BCUT2D eigenvalue weighted by Gasteiger charge is -2.11. The Morgan fingerprint density at radius 2 is 1.97 bits per heavy atom. The quantitative estimate of drug-likeness (QED) is 0.466. The summed E-state index contributed by atoms with van der Waals surface area (Å²) in [6.45, 7) is -0.798. The summed E-state index contributed by atoms with van der Waals surface area (Å²) in [6, 6.07) is 10.00. The maximum absolute atomic E-state index is 13.4. The Balaban J connectivity index is 1.73. The van der Waals surface area contributed by atoms with Crippen molar-refractivity contribution in [2.24, 2.45) is 7.05 Å². The topological polar surface area (TPSA) is 104 Å². The van der Waals surface area contributed by atoms with Crippen LogP contribution in [0.3, 0.4) is 0 Å². The number of nitrogens with one attached hydrogen (secondary N) is 1. The maximum Gasteiger partial charge on any atom is 0.283 e. The fourth-order valence-electron chi connectivity index (χ4n) is 3.37. The number of nitrogens with zero attached hydrogens (tertiary/aromatic N) is 6. The van der Waals surface area contributed by atoms with E-state index >= 15 is 0 Å². The van der Waals surface area contributed by atoms with E-state index in [9.17, 15) is 13.6 Å². The Bertz CT molecular complexity index is 1460. The second kappa shape index (κ2) is 7.27. The zero-order valence-electron chi connectivity index (χ0n) is 16.2. The molecule has 0 fully saturated rings. The number of aromatic amines is 1. The van der Waals surface area contributed by atoms with Crippen molar-refractivity contribution < 1.29 is 13.5 Å². The van der Waals surface area contributed by atoms with E-state index in [1.165, 1.54) is 16.9 Å². The molecule has 0 aliphatic carbocycles. The second-order valence-electron chi connectivity index (χ2n) is 6.83. The van der Waals surface area contributed by atoms with Gasteiger partial charge in [-0.1, -0.05) is 0 Å². The molecule has 11 heteroatoms. The van der Waals surface area contributed by atoms with Crippen LogP contribution in [0.5, 0.6) is 5.88 Å². The second-order valence-corrected chi connectivity index (χ2v) is 6.83. The molecule has 0 amide bonds. The van der Waals surface area contributed by atoms with E-state index in [2.05, 4.69) is 25.4 Å². The maximum atomic E-state index is 13.4. The van der Waals surface area contributed by atoms with Crippen LogP contribution < -0.4 is 10.3 Å². The number of benzene rings is 1. The van der Waals surface area contributed by atoms with E-state index < -0.39 is 18.6 Å². The van der Waals surface area contributed by atoms with E-state index in [0.717, 1.165) is 10.9 Å². The summed E-state index contributed by atoms with van der Waals surface area (Å²) in [5.41, 5.74) is 2.13. The van der Waals surface area contributed by atoms with Crippen molar-refractivity contribution >= 4 is 21.9 Å². The lowest BCUT2D eigenvalue weighted by atomic mass is 10.1. The third-order valence-corrected chi connectivity index (χ3v) is 4.67. The minimum Gasteiger partial charge on any atom is -0.472 e. The standard InChI is InChI=1S/C20H15F2N7O2/c1-28-9-11-8-12(2-3-13(11)26-28)29-20(30)18(14-6-7-23-25-14)19-15(27-29)4-5-17(24-19)31-10-16(21)22/h2-9,16H,10H2,1H3,(H,23,25). The van der Waals surface area contributed by atoms with Gasteiger partial charge in [0.2, 0.25) is 5.88 Å². The highest BCUT2D eigenvalue weighted by molar-refractivity contribution is 5.90. The molecule has 0 saturated carbocycles. The van der Waals surface area contributed by atoms with Crippen molar-refractivity contribution in [3.05, 3.63) is 59.1 Å². The first-order valence-electron chi connectivity index (χ1n) is 9.28. The molecule has 4 aromatic heterocycles. The molecule has 1 N–H and O–H groups in total. The largest absolute Gasteiger partial charge is 0.472 e. The van der Waals surface area contributed by atoms with Gasteiger partial charge in [0.1, 0.15) is 11.0 Å². The van der Waals surface area contributed by atoms with E-state index in [1.807, 2.05) is 19.3 Å². The summed E-state index contributed by atoms with van der Waals surface area (Å²) < 4.78 is 33.0. The van der Waals surface area contributed by atoms with Gasteiger partial charge in [-0.05, 0) is 30.3 Å². The summed E-state index contributed by atoms with van der Waals surface area (Å²) in [5, 5.41) is 16.3. The van der Waals surface area contributed by atoms with Gasteiger partial charge < -0.3 is 4.74 Å². The average molecular weight is 423 g/mol. The number of fused-ring (bicyclic) bond motifs is 2. The van der Waals surface area contributed by atoms with E-state index in [4.69, 9.17) is 4.74 Å². The van der Waals surface area contributed by atoms with Crippen LogP contribution in [0.2, 0.25) is 0 Å². The molecule has 9 nitrogen and oxygen atoms in total. The van der Waals surface area contributed by atoms with E-state index in [-0.39, 0.29) is 17.0 Å². The van der Waals surface area contributed by atoms with Crippen LogP contribution >= 0.6 is 0 Å². The first-order chi connectivity index (χ1) is 15.0. The summed E-state index contributed by atoms with van der Waals surface area (Å²) in [7, 11) is 1.82. The van der Waals surface area contributed by atoms with Crippen molar-refractivity contribution in [1.29, 1.82) is 0 Å². The molecule has 0 saturated heterocycles. The fourth-order valence-corrected chi connectivity index (χ4v) is 3.37. The predicted molar refractivity (Wildman–Crippen MR) is 108 cm³/mol. The van der Waals surface area contributed by atoms with Gasteiger partial charge >= 0.3 is 0 Å². The smallest absolute Gasteiger partial charge is 0.283 e. The van der Waals surface area contributed by atoms with Gasteiger partial charge in [0.15, 0.2) is 6.61 Å². The van der Waals surface area contributed by atoms with Crippen LogP contribution in [0.25, 0.3) is 38.9 Å².